The first-order chi connectivity index (χ1) is 12.6. The molecule has 132 valence electrons. The van der Waals surface area contributed by atoms with Gasteiger partial charge in [0.1, 0.15) is 17.2 Å². The number of ether oxygens (including phenoxy) is 1. The highest BCUT2D eigenvalue weighted by Crippen LogP contribution is 2.40. The number of rotatable bonds is 5. The van der Waals surface area contributed by atoms with E-state index >= 15 is 0 Å². The van der Waals surface area contributed by atoms with Gasteiger partial charge in [0.05, 0.1) is 22.8 Å². The number of thiophene rings is 1. The highest BCUT2D eigenvalue weighted by molar-refractivity contribution is 7.16. The van der Waals surface area contributed by atoms with Gasteiger partial charge in [0, 0.05) is 17.8 Å². The van der Waals surface area contributed by atoms with E-state index in [1.165, 1.54) is 11.3 Å². The van der Waals surface area contributed by atoms with Crippen LogP contribution in [0.3, 0.4) is 0 Å². The van der Waals surface area contributed by atoms with E-state index in [4.69, 9.17) is 22.1 Å². The Hall–Kier alpha value is -2.64. The lowest BCUT2D eigenvalue weighted by molar-refractivity contribution is 0.292. The molecule has 0 bridgehead atoms. The molecule has 2 N–H and O–H groups in total. The van der Waals surface area contributed by atoms with Crippen LogP contribution >= 0.6 is 22.9 Å². The van der Waals surface area contributed by atoms with Crippen molar-refractivity contribution < 1.29 is 4.74 Å². The highest BCUT2D eigenvalue weighted by atomic mass is 35.5. The molecule has 0 unspecified atom stereocenters. The third kappa shape index (κ3) is 3.23. The molecule has 0 fully saturated rings. The summed E-state index contributed by atoms with van der Waals surface area (Å²) in [5, 5.41) is 7.63. The zero-order valence-corrected chi connectivity index (χ0v) is 15.6. The molecule has 0 aliphatic heterocycles. The second-order valence-corrected chi connectivity index (χ2v) is 7.11. The van der Waals surface area contributed by atoms with Gasteiger partial charge in [-0.15, -0.1) is 11.3 Å². The number of fused-ring (bicyclic) bond motifs is 1. The molecule has 0 aliphatic carbocycles. The molecule has 0 saturated carbocycles. The van der Waals surface area contributed by atoms with Gasteiger partial charge in [-0.2, -0.15) is 5.10 Å². The van der Waals surface area contributed by atoms with E-state index in [1.54, 1.807) is 6.20 Å². The van der Waals surface area contributed by atoms with Crippen molar-refractivity contribution in [3.05, 3.63) is 52.6 Å². The average molecular weight is 386 g/mol. The number of anilines is 1. The maximum Gasteiger partial charge on any atom is 0.221 e. The lowest BCUT2D eigenvalue weighted by atomic mass is 10.1. The zero-order valence-electron chi connectivity index (χ0n) is 14.0. The van der Waals surface area contributed by atoms with Crippen molar-refractivity contribution in [1.82, 2.24) is 19.7 Å². The van der Waals surface area contributed by atoms with Crippen molar-refractivity contribution in [2.24, 2.45) is 0 Å². The van der Waals surface area contributed by atoms with E-state index in [-0.39, 0.29) is 5.95 Å². The normalized spacial score (nSPS) is 11.2. The van der Waals surface area contributed by atoms with E-state index in [0.29, 0.717) is 29.6 Å². The Balaban J connectivity index is 1.76. The Kier molecular flexibility index (Phi) is 4.48. The molecule has 1 aromatic carbocycles. The van der Waals surface area contributed by atoms with Crippen LogP contribution in [0.15, 0.2) is 42.0 Å². The number of nitrogens with two attached hydrogens (primary N) is 1. The SMILES string of the molecule is Cc1cc(Cl)c(-c2nc(N)nc3sccc23)c(OCCn2cccn2)c1. The molecule has 0 amide bonds. The molecule has 3 heterocycles. The molecule has 6 nitrogen and oxygen atoms in total. The number of benzene rings is 1. The fourth-order valence-electron chi connectivity index (χ4n) is 2.80. The van der Waals surface area contributed by atoms with Gasteiger partial charge >= 0.3 is 0 Å². The summed E-state index contributed by atoms with van der Waals surface area (Å²) >= 11 is 8.09. The zero-order chi connectivity index (χ0) is 18.1. The third-order valence-electron chi connectivity index (χ3n) is 3.91. The Morgan fingerprint density at radius 3 is 3.00 bits per heavy atom. The molecule has 4 aromatic rings. The van der Waals surface area contributed by atoms with Crippen LogP contribution in [-0.4, -0.2) is 26.4 Å². The number of aryl methyl sites for hydroxylation is 1. The second-order valence-electron chi connectivity index (χ2n) is 5.81. The van der Waals surface area contributed by atoms with Crippen LogP contribution in [0.2, 0.25) is 5.02 Å². The minimum atomic E-state index is 0.217. The van der Waals surface area contributed by atoms with Gasteiger partial charge in [-0.3, -0.25) is 4.68 Å². The Morgan fingerprint density at radius 1 is 1.31 bits per heavy atom. The standard InChI is InChI=1S/C18H16ClN5OS/c1-11-9-13(19)15(14(10-11)25-7-6-24-5-2-4-21-24)16-12-3-8-26-17(12)23-18(20)22-16/h2-5,8-10H,6-7H2,1H3,(H2,20,22,23). The molecular formula is C18H16ClN5OS. The molecular weight excluding hydrogens is 370 g/mol. The Morgan fingerprint density at radius 2 is 2.19 bits per heavy atom. The number of hydrogen-bond acceptors (Lipinski definition) is 6. The van der Waals surface area contributed by atoms with Crippen molar-refractivity contribution in [3.8, 4) is 17.0 Å². The van der Waals surface area contributed by atoms with Gasteiger partial charge in [-0.25, -0.2) is 9.97 Å². The van der Waals surface area contributed by atoms with Crippen LogP contribution < -0.4 is 10.5 Å². The summed E-state index contributed by atoms with van der Waals surface area (Å²) in [6.45, 7) is 3.07. The van der Waals surface area contributed by atoms with Crippen molar-refractivity contribution in [2.75, 3.05) is 12.3 Å². The van der Waals surface area contributed by atoms with Gasteiger partial charge in [-0.05, 0) is 42.1 Å². The number of aromatic nitrogens is 4. The monoisotopic (exact) mass is 385 g/mol. The first-order valence-electron chi connectivity index (χ1n) is 8.03. The van der Waals surface area contributed by atoms with Crippen molar-refractivity contribution in [1.29, 1.82) is 0 Å². The summed E-state index contributed by atoms with van der Waals surface area (Å²) in [4.78, 5) is 9.55. The van der Waals surface area contributed by atoms with E-state index in [0.717, 1.165) is 21.3 Å². The minimum absolute atomic E-state index is 0.217. The first kappa shape index (κ1) is 16.8. The summed E-state index contributed by atoms with van der Waals surface area (Å²) in [6.07, 6.45) is 3.64. The van der Waals surface area contributed by atoms with Gasteiger partial charge in [-0.1, -0.05) is 11.6 Å². The maximum absolute atomic E-state index is 6.57. The lowest BCUT2D eigenvalue weighted by Crippen LogP contribution is -2.09. The van der Waals surface area contributed by atoms with Crippen LogP contribution in [0.4, 0.5) is 5.95 Å². The molecule has 0 spiro atoms. The summed E-state index contributed by atoms with van der Waals surface area (Å²) in [7, 11) is 0. The number of halogens is 1. The third-order valence-corrected chi connectivity index (χ3v) is 5.02. The summed E-state index contributed by atoms with van der Waals surface area (Å²) < 4.78 is 7.87. The minimum Gasteiger partial charge on any atom is -0.491 e. The second kappa shape index (κ2) is 6.93. The lowest BCUT2D eigenvalue weighted by Gasteiger charge is -2.15. The fourth-order valence-corrected chi connectivity index (χ4v) is 3.92. The largest absolute Gasteiger partial charge is 0.491 e. The molecule has 3 aromatic heterocycles. The quantitative estimate of drug-likeness (QED) is 0.557. The van der Waals surface area contributed by atoms with Gasteiger partial charge in [0.2, 0.25) is 5.95 Å². The number of nitrogens with zero attached hydrogens (tertiary/aromatic N) is 4. The molecule has 0 radical (unpaired) electrons. The van der Waals surface area contributed by atoms with Gasteiger partial charge in [0.15, 0.2) is 0 Å². The average Bonchev–Trinajstić information content (AvgIpc) is 3.25. The van der Waals surface area contributed by atoms with Crippen molar-refractivity contribution >= 4 is 39.1 Å². The highest BCUT2D eigenvalue weighted by Gasteiger charge is 2.18. The summed E-state index contributed by atoms with van der Waals surface area (Å²) in [5.74, 6) is 0.891. The summed E-state index contributed by atoms with van der Waals surface area (Å²) in [5.41, 5.74) is 8.33. The predicted molar refractivity (Wildman–Crippen MR) is 105 cm³/mol. The predicted octanol–water partition coefficient (Wildman–Crippen LogP) is 4.18. The van der Waals surface area contributed by atoms with Gasteiger partial charge in [0.25, 0.3) is 0 Å². The molecule has 26 heavy (non-hydrogen) atoms. The Bertz CT molecular complexity index is 1060. The topological polar surface area (TPSA) is 78.9 Å². The molecule has 0 atom stereocenters. The van der Waals surface area contributed by atoms with Crippen LogP contribution in [0.1, 0.15) is 5.56 Å². The van der Waals surface area contributed by atoms with Crippen LogP contribution in [-0.2, 0) is 6.54 Å². The van der Waals surface area contributed by atoms with Crippen molar-refractivity contribution in [2.45, 2.75) is 13.5 Å². The molecule has 8 heteroatoms. The maximum atomic E-state index is 6.57. The van der Waals surface area contributed by atoms with Gasteiger partial charge < -0.3 is 10.5 Å². The van der Waals surface area contributed by atoms with Crippen LogP contribution in [0.5, 0.6) is 5.75 Å². The van der Waals surface area contributed by atoms with E-state index in [9.17, 15) is 0 Å². The first-order valence-corrected chi connectivity index (χ1v) is 9.29. The van der Waals surface area contributed by atoms with Crippen LogP contribution in [0.25, 0.3) is 21.5 Å². The number of hydrogen-bond donors (Lipinski definition) is 1. The van der Waals surface area contributed by atoms with E-state index < -0.39 is 0 Å². The number of nitrogen functional groups attached to an aromatic ring is 1. The summed E-state index contributed by atoms with van der Waals surface area (Å²) in [6, 6.07) is 7.71. The smallest absolute Gasteiger partial charge is 0.221 e. The van der Waals surface area contributed by atoms with E-state index in [1.807, 2.05) is 47.4 Å². The van der Waals surface area contributed by atoms with Crippen molar-refractivity contribution in [3.63, 3.8) is 0 Å². The molecule has 4 rings (SSSR count). The molecule has 0 saturated heterocycles. The van der Waals surface area contributed by atoms with E-state index in [2.05, 4.69) is 15.1 Å². The Labute approximate surface area is 159 Å². The molecule has 0 aliphatic rings. The van der Waals surface area contributed by atoms with Crippen LogP contribution in [0, 0.1) is 6.92 Å². The fraction of sp³-hybridized carbons (Fsp3) is 0.167.